The molecule has 0 bridgehead atoms. The average Bonchev–Trinajstić information content (AvgIpc) is 2.78. The van der Waals surface area contributed by atoms with Crippen molar-refractivity contribution < 1.29 is 10.6 Å². The fraction of sp³-hybridized carbons (Fsp3) is 0.667. The van der Waals surface area contributed by atoms with E-state index in [1.54, 1.807) is 6.26 Å². The minimum atomic E-state index is -3.21. The number of hydrogen-bond acceptors (Lipinski definition) is 4. The zero-order valence-electron chi connectivity index (χ0n) is 11.2. The van der Waals surface area contributed by atoms with Crippen LogP contribution in [0.15, 0.2) is 16.7 Å². The molecule has 2 N–H and O–H groups in total. The summed E-state index contributed by atoms with van der Waals surface area (Å²) in [7, 11) is 0. The van der Waals surface area contributed by atoms with Crippen LogP contribution in [0.4, 0.5) is 0 Å². The molecule has 1 aromatic heterocycles. The Morgan fingerprint density at radius 2 is 1.88 bits per heavy atom. The minimum absolute atomic E-state index is 0.122. The third kappa shape index (κ3) is 3.24. The standard InChI is InChI=1S/C6H8NO.2C2H5O.C2H5.Sn/c1-5(7)6-3-2-4-8-6;2*1-2-3;1-2;/h2,4-5H,7H2,1H3;2*2H2,1H3;1H2,2H3;/q;2*-1;;+2. The molecule has 0 saturated carbocycles. The van der Waals surface area contributed by atoms with Gasteiger partial charge in [-0.1, -0.05) is 0 Å². The van der Waals surface area contributed by atoms with Crippen molar-refractivity contribution in [3.8, 4) is 0 Å². The summed E-state index contributed by atoms with van der Waals surface area (Å²) in [6, 6.07) is 1.85. The van der Waals surface area contributed by atoms with Crippen molar-refractivity contribution in [2.24, 2.45) is 5.73 Å². The van der Waals surface area contributed by atoms with E-state index in [1.165, 1.54) is 0 Å². The fourth-order valence-corrected chi connectivity index (χ4v) is 10.9. The maximum atomic E-state index is 6.03. The summed E-state index contributed by atoms with van der Waals surface area (Å²) in [5.41, 5.74) is 5.93. The SMILES string of the molecule is CC[O][Sn]([CH2]C)([O]CC)[c]1ccoc1C(C)N. The van der Waals surface area contributed by atoms with Crippen molar-refractivity contribution >= 4 is 22.8 Å². The van der Waals surface area contributed by atoms with Crippen molar-refractivity contribution in [3.63, 3.8) is 0 Å². The van der Waals surface area contributed by atoms with Crippen LogP contribution >= 0.6 is 0 Å². The van der Waals surface area contributed by atoms with Gasteiger partial charge in [-0.25, -0.2) is 0 Å². The fourth-order valence-electron chi connectivity index (χ4n) is 2.05. The number of nitrogens with two attached hydrogens (primary N) is 1. The van der Waals surface area contributed by atoms with E-state index in [0.717, 1.165) is 13.8 Å². The monoisotopic (exact) mass is 349 g/mol. The molecule has 0 aromatic carbocycles. The Bertz CT molecular complexity index is 332. The van der Waals surface area contributed by atoms with Crippen LogP contribution in [0, 0.1) is 0 Å². The second-order valence-electron chi connectivity index (χ2n) is 3.96. The number of hydrogen-bond donors (Lipinski definition) is 1. The van der Waals surface area contributed by atoms with Crippen molar-refractivity contribution in [3.05, 3.63) is 18.1 Å². The Hall–Kier alpha value is -0.0413. The summed E-state index contributed by atoms with van der Waals surface area (Å²) in [4.78, 5) is 0. The van der Waals surface area contributed by atoms with E-state index in [2.05, 4.69) is 6.92 Å². The van der Waals surface area contributed by atoms with Gasteiger partial charge in [-0.05, 0) is 0 Å². The molecule has 0 spiro atoms. The molecule has 98 valence electrons. The summed E-state index contributed by atoms with van der Waals surface area (Å²) < 4.78 is 19.6. The summed E-state index contributed by atoms with van der Waals surface area (Å²) in [5, 5.41) is 0. The molecule has 0 aliphatic rings. The maximum absolute atomic E-state index is 6.03. The van der Waals surface area contributed by atoms with Crippen LogP contribution < -0.4 is 9.31 Å². The molecule has 0 aliphatic carbocycles. The average molecular weight is 348 g/mol. The zero-order chi connectivity index (χ0) is 12.9. The molecule has 17 heavy (non-hydrogen) atoms. The van der Waals surface area contributed by atoms with Crippen LogP contribution in [0.1, 0.15) is 39.5 Å². The van der Waals surface area contributed by atoms with Crippen molar-refractivity contribution in [2.45, 2.75) is 38.2 Å². The van der Waals surface area contributed by atoms with Gasteiger partial charge in [0.1, 0.15) is 0 Å². The van der Waals surface area contributed by atoms with E-state index in [0.29, 0.717) is 13.2 Å². The van der Waals surface area contributed by atoms with Crippen LogP contribution in [0.25, 0.3) is 0 Å². The molecule has 1 aromatic rings. The summed E-state index contributed by atoms with van der Waals surface area (Å²) in [5.74, 6) is 0.824. The summed E-state index contributed by atoms with van der Waals surface area (Å²) in [6.07, 6.45) is 1.69. The third-order valence-corrected chi connectivity index (χ3v) is 13.2. The Labute approximate surface area is 108 Å². The Balaban J connectivity index is 3.15. The van der Waals surface area contributed by atoms with E-state index in [4.69, 9.17) is 16.3 Å². The molecule has 4 nitrogen and oxygen atoms in total. The van der Waals surface area contributed by atoms with Gasteiger partial charge in [-0.2, -0.15) is 0 Å². The van der Waals surface area contributed by atoms with Crippen LogP contribution in [-0.2, 0) is 6.15 Å². The zero-order valence-corrected chi connectivity index (χ0v) is 14.0. The van der Waals surface area contributed by atoms with Gasteiger partial charge in [0, 0.05) is 0 Å². The van der Waals surface area contributed by atoms with E-state index < -0.39 is 19.2 Å². The van der Waals surface area contributed by atoms with Crippen LogP contribution in [0.5, 0.6) is 0 Å². The topological polar surface area (TPSA) is 57.6 Å². The molecule has 5 heteroatoms. The molecular formula is C12H23NO3Sn. The predicted octanol–water partition coefficient (Wildman–Crippen LogP) is 2.04. The Kier molecular flexibility index (Phi) is 5.98. The molecule has 1 atom stereocenters. The molecule has 0 radical (unpaired) electrons. The van der Waals surface area contributed by atoms with Gasteiger partial charge in [0.15, 0.2) is 0 Å². The van der Waals surface area contributed by atoms with Gasteiger partial charge < -0.3 is 0 Å². The van der Waals surface area contributed by atoms with Crippen LogP contribution in [0.2, 0.25) is 4.44 Å². The van der Waals surface area contributed by atoms with Gasteiger partial charge in [0.25, 0.3) is 0 Å². The van der Waals surface area contributed by atoms with E-state index in [9.17, 15) is 0 Å². The van der Waals surface area contributed by atoms with Gasteiger partial charge in [0.05, 0.1) is 0 Å². The molecular weight excluding hydrogens is 325 g/mol. The van der Waals surface area contributed by atoms with Crippen molar-refractivity contribution in [2.75, 3.05) is 13.2 Å². The quantitative estimate of drug-likeness (QED) is 0.767. The first-order valence-corrected chi connectivity index (χ1v) is 12.0. The first-order chi connectivity index (χ1) is 8.11. The van der Waals surface area contributed by atoms with Gasteiger partial charge in [-0.3, -0.25) is 0 Å². The van der Waals surface area contributed by atoms with Gasteiger partial charge in [0.2, 0.25) is 0 Å². The molecule has 0 saturated heterocycles. The van der Waals surface area contributed by atoms with Gasteiger partial charge >= 0.3 is 109 Å². The van der Waals surface area contributed by atoms with E-state index in [1.807, 2.05) is 26.8 Å². The Morgan fingerprint density at radius 3 is 2.29 bits per heavy atom. The number of furan rings is 1. The molecule has 0 fully saturated rings. The normalized spacial score (nSPS) is 13.9. The first-order valence-electron chi connectivity index (χ1n) is 6.22. The molecule has 1 rings (SSSR count). The Morgan fingerprint density at radius 1 is 1.29 bits per heavy atom. The second-order valence-corrected chi connectivity index (χ2v) is 13.5. The van der Waals surface area contributed by atoms with Crippen molar-refractivity contribution in [1.82, 2.24) is 0 Å². The third-order valence-electron chi connectivity index (χ3n) is 2.74. The summed E-state index contributed by atoms with van der Waals surface area (Å²) in [6.45, 7) is 9.41. The molecule has 1 heterocycles. The first kappa shape index (κ1) is 15.0. The number of rotatable bonds is 7. The molecule has 0 amide bonds. The van der Waals surface area contributed by atoms with Gasteiger partial charge in [-0.15, -0.1) is 0 Å². The molecule has 1 unspecified atom stereocenters. The second kappa shape index (κ2) is 6.77. The van der Waals surface area contributed by atoms with Crippen molar-refractivity contribution in [1.29, 1.82) is 0 Å². The van der Waals surface area contributed by atoms with Crippen LogP contribution in [-0.4, -0.2) is 32.4 Å². The summed E-state index contributed by atoms with van der Waals surface area (Å²) >= 11 is -3.21. The molecule has 0 aliphatic heterocycles. The predicted molar refractivity (Wildman–Crippen MR) is 70.4 cm³/mol. The van der Waals surface area contributed by atoms with E-state index >= 15 is 0 Å². The van der Waals surface area contributed by atoms with E-state index in [-0.39, 0.29) is 6.04 Å². The van der Waals surface area contributed by atoms with Crippen LogP contribution in [0.3, 0.4) is 0 Å².